The molecular weight excluding hydrogens is 340 g/mol. The smallest absolute Gasteiger partial charge is 0.226 e. The molecule has 0 aromatic heterocycles. The molecule has 2 amide bonds. The van der Waals surface area contributed by atoms with Crippen LogP contribution in [0.25, 0.3) is 0 Å². The number of aryl methyl sites for hydroxylation is 2. The minimum absolute atomic E-state index is 0.0999. The SMILES string of the molecule is CCOc1ccc(N(CCC(=O)Nc2c(C)cccc2CC)C(C)=O)cc1. The van der Waals surface area contributed by atoms with E-state index in [4.69, 9.17) is 4.74 Å². The fourth-order valence-corrected chi connectivity index (χ4v) is 2.97. The maximum absolute atomic E-state index is 12.5. The summed E-state index contributed by atoms with van der Waals surface area (Å²) in [5.41, 5.74) is 3.78. The first kappa shape index (κ1) is 20.5. The highest BCUT2D eigenvalue weighted by molar-refractivity contribution is 5.95. The summed E-state index contributed by atoms with van der Waals surface area (Å²) in [6, 6.07) is 13.3. The Morgan fingerprint density at radius 2 is 1.78 bits per heavy atom. The molecule has 5 heteroatoms. The minimum atomic E-state index is -0.101. The van der Waals surface area contributed by atoms with Gasteiger partial charge in [-0.3, -0.25) is 9.59 Å². The average Bonchev–Trinajstić information content (AvgIpc) is 2.65. The van der Waals surface area contributed by atoms with Crippen molar-refractivity contribution in [3.63, 3.8) is 0 Å². The predicted molar refractivity (Wildman–Crippen MR) is 109 cm³/mol. The maximum Gasteiger partial charge on any atom is 0.226 e. The van der Waals surface area contributed by atoms with Gasteiger partial charge in [0.05, 0.1) is 6.61 Å². The van der Waals surface area contributed by atoms with Gasteiger partial charge in [-0.15, -0.1) is 0 Å². The number of benzene rings is 2. The predicted octanol–water partition coefficient (Wildman–Crippen LogP) is 4.34. The van der Waals surface area contributed by atoms with E-state index in [0.717, 1.165) is 34.7 Å². The van der Waals surface area contributed by atoms with E-state index in [1.54, 1.807) is 4.90 Å². The van der Waals surface area contributed by atoms with Crippen molar-refractivity contribution in [2.45, 2.75) is 40.5 Å². The number of hydrogen-bond acceptors (Lipinski definition) is 3. The van der Waals surface area contributed by atoms with Crippen molar-refractivity contribution in [1.29, 1.82) is 0 Å². The number of nitrogens with zero attached hydrogens (tertiary/aromatic N) is 1. The van der Waals surface area contributed by atoms with Gasteiger partial charge in [0.15, 0.2) is 0 Å². The number of nitrogens with one attached hydrogen (secondary N) is 1. The van der Waals surface area contributed by atoms with Gasteiger partial charge in [-0.2, -0.15) is 0 Å². The summed E-state index contributed by atoms with van der Waals surface area (Å²) in [4.78, 5) is 26.1. The first-order chi connectivity index (χ1) is 13.0. The van der Waals surface area contributed by atoms with Gasteiger partial charge in [-0.05, 0) is 55.7 Å². The minimum Gasteiger partial charge on any atom is -0.494 e. The molecule has 0 atom stereocenters. The number of amides is 2. The second kappa shape index (κ2) is 9.76. The molecule has 0 saturated heterocycles. The zero-order valence-electron chi connectivity index (χ0n) is 16.5. The Morgan fingerprint density at radius 1 is 1.07 bits per heavy atom. The molecule has 144 valence electrons. The van der Waals surface area contributed by atoms with Crippen molar-refractivity contribution >= 4 is 23.2 Å². The first-order valence-corrected chi connectivity index (χ1v) is 9.35. The van der Waals surface area contributed by atoms with Gasteiger partial charge in [0.2, 0.25) is 11.8 Å². The normalized spacial score (nSPS) is 10.4. The third kappa shape index (κ3) is 5.58. The average molecular weight is 368 g/mol. The number of hydrogen-bond donors (Lipinski definition) is 1. The van der Waals surface area contributed by atoms with Crippen LogP contribution in [-0.2, 0) is 16.0 Å². The topological polar surface area (TPSA) is 58.6 Å². The van der Waals surface area contributed by atoms with Crippen LogP contribution in [-0.4, -0.2) is 25.0 Å². The third-order valence-electron chi connectivity index (χ3n) is 4.41. The van der Waals surface area contributed by atoms with Crippen LogP contribution in [0.1, 0.15) is 38.3 Å². The molecule has 2 aromatic rings. The quantitative estimate of drug-likeness (QED) is 0.754. The molecular formula is C22H28N2O3. The van der Waals surface area contributed by atoms with E-state index < -0.39 is 0 Å². The van der Waals surface area contributed by atoms with Gasteiger partial charge >= 0.3 is 0 Å². The van der Waals surface area contributed by atoms with Crippen LogP contribution in [0, 0.1) is 6.92 Å². The molecule has 0 fully saturated rings. The molecule has 0 unspecified atom stereocenters. The first-order valence-electron chi connectivity index (χ1n) is 9.35. The van der Waals surface area contributed by atoms with Crippen LogP contribution in [0.2, 0.25) is 0 Å². The fraction of sp³-hybridized carbons (Fsp3) is 0.364. The fourth-order valence-electron chi connectivity index (χ4n) is 2.97. The van der Waals surface area contributed by atoms with Crippen molar-refractivity contribution in [3.05, 3.63) is 53.6 Å². The maximum atomic E-state index is 12.5. The number of carbonyl (C=O) groups excluding carboxylic acids is 2. The summed E-state index contributed by atoms with van der Waals surface area (Å²) < 4.78 is 5.43. The van der Waals surface area contributed by atoms with Crippen molar-refractivity contribution in [2.24, 2.45) is 0 Å². The van der Waals surface area contributed by atoms with Crippen LogP contribution in [0.3, 0.4) is 0 Å². The van der Waals surface area contributed by atoms with Crippen molar-refractivity contribution in [2.75, 3.05) is 23.4 Å². The molecule has 0 radical (unpaired) electrons. The van der Waals surface area contributed by atoms with E-state index in [2.05, 4.69) is 12.2 Å². The Balaban J connectivity index is 2.03. The summed E-state index contributed by atoms with van der Waals surface area (Å²) in [6.45, 7) is 8.39. The summed E-state index contributed by atoms with van der Waals surface area (Å²) in [5.74, 6) is 0.558. The molecule has 0 saturated carbocycles. The molecule has 0 aliphatic heterocycles. The molecule has 5 nitrogen and oxygen atoms in total. The molecule has 2 rings (SSSR count). The second-order valence-electron chi connectivity index (χ2n) is 6.36. The standard InChI is InChI=1S/C22H28N2O3/c1-5-18-9-7-8-16(3)22(18)23-21(26)14-15-24(17(4)25)19-10-12-20(13-11-19)27-6-2/h7-13H,5-6,14-15H2,1-4H3,(H,23,26). The van der Waals surface area contributed by atoms with Crippen LogP contribution in [0.5, 0.6) is 5.75 Å². The lowest BCUT2D eigenvalue weighted by Crippen LogP contribution is -2.32. The van der Waals surface area contributed by atoms with Crippen LogP contribution in [0.4, 0.5) is 11.4 Å². The third-order valence-corrected chi connectivity index (χ3v) is 4.41. The highest BCUT2D eigenvalue weighted by Gasteiger charge is 2.15. The van der Waals surface area contributed by atoms with Crippen molar-refractivity contribution in [1.82, 2.24) is 0 Å². The number of rotatable bonds is 8. The number of para-hydroxylation sites is 1. The van der Waals surface area contributed by atoms with Crippen LogP contribution in [0.15, 0.2) is 42.5 Å². The molecule has 0 aliphatic rings. The van der Waals surface area contributed by atoms with E-state index in [0.29, 0.717) is 13.2 Å². The molecule has 0 spiro atoms. The monoisotopic (exact) mass is 368 g/mol. The van der Waals surface area contributed by atoms with Crippen LogP contribution < -0.4 is 15.0 Å². The Hall–Kier alpha value is -2.82. The molecule has 0 aliphatic carbocycles. The van der Waals surface area contributed by atoms with E-state index in [9.17, 15) is 9.59 Å². The zero-order valence-corrected chi connectivity index (χ0v) is 16.5. The highest BCUT2D eigenvalue weighted by Crippen LogP contribution is 2.22. The van der Waals surface area contributed by atoms with Gasteiger partial charge in [0.25, 0.3) is 0 Å². The van der Waals surface area contributed by atoms with E-state index in [1.165, 1.54) is 6.92 Å². The Morgan fingerprint density at radius 3 is 2.37 bits per heavy atom. The summed E-state index contributed by atoms with van der Waals surface area (Å²) in [5, 5.41) is 3.00. The van der Waals surface area contributed by atoms with Gasteiger partial charge in [-0.1, -0.05) is 25.1 Å². The molecule has 0 heterocycles. The van der Waals surface area contributed by atoms with Crippen molar-refractivity contribution < 1.29 is 14.3 Å². The van der Waals surface area contributed by atoms with Gasteiger partial charge < -0.3 is 15.0 Å². The molecule has 1 N–H and O–H groups in total. The molecule has 27 heavy (non-hydrogen) atoms. The molecule has 2 aromatic carbocycles. The Bertz CT molecular complexity index is 785. The summed E-state index contributed by atoms with van der Waals surface area (Å²) in [6.07, 6.45) is 1.08. The number of carbonyl (C=O) groups is 2. The summed E-state index contributed by atoms with van der Waals surface area (Å²) in [7, 11) is 0. The van der Waals surface area contributed by atoms with E-state index >= 15 is 0 Å². The Labute approximate surface area is 161 Å². The van der Waals surface area contributed by atoms with E-state index in [1.807, 2.05) is 56.3 Å². The molecule has 0 bridgehead atoms. The second-order valence-corrected chi connectivity index (χ2v) is 6.36. The Kier molecular flexibility index (Phi) is 7.41. The van der Waals surface area contributed by atoms with Crippen LogP contribution >= 0.6 is 0 Å². The lowest BCUT2D eigenvalue weighted by Gasteiger charge is -2.21. The van der Waals surface area contributed by atoms with Gasteiger partial charge in [-0.25, -0.2) is 0 Å². The zero-order chi connectivity index (χ0) is 19.8. The number of ether oxygens (including phenoxy) is 1. The largest absolute Gasteiger partial charge is 0.494 e. The lowest BCUT2D eigenvalue weighted by molar-refractivity contribution is -0.117. The van der Waals surface area contributed by atoms with Gasteiger partial charge in [0.1, 0.15) is 5.75 Å². The summed E-state index contributed by atoms with van der Waals surface area (Å²) >= 11 is 0. The number of anilines is 2. The van der Waals surface area contributed by atoms with E-state index in [-0.39, 0.29) is 18.2 Å². The van der Waals surface area contributed by atoms with Gasteiger partial charge in [0, 0.05) is 31.3 Å². The van der Waals surface area contributed by atoms with Crippen molar-refractivity contribution in [3.8, 4) is 5.75 Å². The highest BCUT2D eigenvalue weighted by atomic mass is 16.5. The lowest BCUT2D eigenvalue weighted by atomic mass is 10.1.